The summed E-state index contributed by atoms with van der Waals surface area (Å²) in [6.07, 6.45) is 4.09. The van der Waals surface area contributed by atoms with Gasteiger partial charge in [-0.1, -0.05) is 17.7 Å². The van der Waals surface area contributed by atoms with Gasteiger partial charge in [0.25, 0.3) is 0 Å². The molecule has 1 saturated heterocycles. The Morgan fingerprint density at radius 1 is 1.36 bits per heavy atom. The number of amides is 2. The minimum atomic E-state index is -0.322. The fraction of sp³-hybridized carbons (Fsp3) is 0.278. The van der Waals surface area contributed by atoms with Crippen LogP contribution in [0.25, 0.3) is 4.96 Å². The molecule has 1 aliphatic rings. The average Bonchev–Trinajstić information content (AvgIpc) is 3.28. The molecule has 2 aromatic heterocycles. The Morgan fingerprint density at radius 2 is 2.16 bits per heavy atom. The third kappa shape index (κ3) is 3.15. The average molecular weight is 354 g/mol. The Morgan fingerprint density at radius 3 is 2.92 bits per heavy atom. The minimum absolute atomic E-state index is 0.00786. The standard InChI is InChI=1S/C18H18N4O2S/c1-12-2-4-15(5-3-12)22-10-13(8-16(22)23)17(24)19-9-14-11-21-6-7-25-18(21)20-14/h2-7,11,13H,8-10H2,1H3,(H,19,24). The second-order valence-electron chi connectivity index (χ2n) is 6.28. The lowest BCUT2D eigenvalue weighted by Crippen LogP contribution is -2.32. The van der Waals surface area contributed by atoms with Crippen molar-refractivity contribution in [1.29, 1.82) is 0 Å². The molecule has 25 heavy (non-hydrogen) atoms. The van der Waals surface area contributed by atoms with E-state index in [1.54, 1.807) is 16.2 Å². The van der Waals surface area contributed by atoms with E-state index in [4.69, 9.17) is 0 Å². The molecule has 0 bridgehead atoms. The van der Waals surface area contributed by atoms with Gasteiger partial charge < -0.3 is 10.2 Å². The van der Waals surface area contributed by atoms with Crippen LogP contribution < -0.4 is 10.2 Å². The van der Waals surface area contributed by atoms with Crippen LogP contribution in [-0.4, -0.2) is 27.7 Å². The first-order chi connectivity index (χ1) is 12.1. The van der Waals surface area contributed by atoms with Crippen LogP contribution >= 0.6 is 11.3 Å². The summed E-state index contributed by atoms with van der Waals surface area (Å²) in [5.74, 6) is -0.427. The van der Waals surface area contributed by atoms with Gasteiger partial charge in [0.15, 0.2) is 4.96 Å². The van der Waals surface area contributed by atoms with Crippen LogP contribution in [0.15, 0.2) is 42.0 Å². The van der Waals surface area contributed by atoms with Gasteiger partial charge in [0.05, 0.1) is 18.2 Å². The molecule has 0 radical (unpaired) electrons. The molecule has 1 aromatic carbocycles. The molecule has 1 fully saturated rings. The quantitative estimate of drug-likeness (QED) is 0.782. The molecule has 0 saturated carbocycles. The van der Waals surface area contributed by atoms with Crippen LogP contribution in [0.2, 0.25) is 0 Å². The molecule has 6 nitrogen and oxygen atoms in total. The molecule has 3 heterocycles. The van der Waals surface area contributed by atoms with Gasteiger partial charge in [0.1, 0.15) is 0 Å². The molecule has 1 aliphatic heterocycles. The van der Waals surface area contributed by atoms with E-state index in [9.17, 15) is 9.59 Å². The summed E-state index contributed by atoms with van der Waals surface area (Å²) in [4.78, 5) is 31.7. The molecular weight excluding hydrogens is 336 g/mol. The molecule has 1 unspecified atom stereocenters. The molecular formula is C18H18N4O2S. The highest BCUT2D eigenvalue weighted by Gasteiger charge is 2.35. The summed E-state index contributed by atoms with van der Waals surface area (Å²) >= 11 is 1.55. The van der Waals surface area contributed by atoms with Gasteiger partial charge in [0, 0.05) is 36.4 Å². The van der Waals surface area contributed by atoms with E-state index in [2.05, 4.69) is 10.3 Å². The van der Waals surface area contributed by atoms with Crippen molar-refractivity contribution in [2.45, 2.75) is 19.9 Å². The summed E-state index contributed by atoms with van der Waals surface area (Å²) in [5, 5.41) is 4.87. The second kappa shape index (κ2) is 6.33. The van der Waals surface area contributed by atoms with E-state index in [-0.39, 0.29) is 24.2 Å². The maximum absolute atomic E-state index is 12.4. The monoisotopic (exact) mass is 354 g/mol. The van der Waals surface area contributed by atoms with E-state index < -0.39 is 0 Å². The number of carbonyl (C=O) groups excluding carboxylic acids is 2. The zero-order valence-electron chi connectivity index (χ0n) is 13.8. The van der Waals surface area contributed by atoms with Crippen molar-refractivity contribution in [3.8, 4) is 0 Å². The van der Waals surface area contributed by atoms with Gasteiger partial charge in [0.2, 0.25) is 11.8 Å². The molecule has 7 heteroatoms. The summed E-state index contributed by atoms with van der Waals surface area (Å²) in [5.41, 5.74) is 2.81. The van der Waals surface area contributed by atoms with Gasteiger partial charge in [-0.3, -0.25) is 14.0 Å². The Labute approximate surface area is 149 Å². The van der Waals surface area contributed by atoms with E-state index in [0.29, 0.717) is 13.1 Å². The maximum atomic E-state index is 12.4. The number of nitrogens with zero attached hydrogens (tertiary/aromatic N) is 3. The number of aromatic nitrogens is 2. The van der Waals surface area contributed by atoms with Gasteiger partial charge in [-0.15, -0.1) is 11.3 Å². The van der Waals surface area contributed by atoms with Crippen molar-refractivity contribution in [3.63, 3.8) is 0 Å². The highest BCUT2D eigenvalue weighted by atomic mass is 32.1. The molecule has 3 aromatic rings. The predicted octanol–water partition coefficient (Wildman–Crippen LogP) is 2.37. The van der Waals surface area contributed by atoms with E-state index in [0.717, 1.165) is 21.9 Å². The number of nitrogens with one attached hydrogen (secondary N) is 1. The largest absolute Gasteiger partial charge is 0.350 e. The lowest BCUT2D eigenvalue weighted by molar-refractivity contribution is -0.126. The second-order valence-corrected chi connectivity index (χ2v) is 7.16. The number of rotatable bonds is 4. The molecule has 1 N–H and O–H groups in total. The van der Waals surface area contributed by atoms with Crippen molar-refractivity contribution >= 4 is 33.8 Å². The maximum Gasteiger partial charge on any atom is 0.227 e. The summed E-state index contributed by atoms with van der Waals surface area (Å²) < 4.78 is 1.93. The van der Waals surface area contributed by atoms with Crippen LogP contribution in [0.4, 0.5) is 5.69 Å². The summed E-state index contributed by atoms with van der Waals surface area (Å²) in [6.45, 7) is 2.81. The number of thiazole rings is 1. The predicted molar refractivity (Wildman–Crippen MR) is 96.6 cm³/mol. The van der Waals surface area contributed by atoms with Crippen LogP contribution in [0, 0.1) is 12.8 Å². The van der Waals surface area contributed by atoms with Crippen molar-refractivity contribution < 1.29 is 9.59 Å². The van der Waals surface area contributed by atoms with Gasteiger partial charge in [-0.2, -0.15) is 0 Å². The van der Waals surface area contributed by atoms with Gasteiger partial charge >= 0.3 is 0 Å². The zero-order chi connectivity index (χ0) is 17.4. The molecule has 2 amide bonds. The fourth-order valence-corrected chi connectivity index (χ4v) is 3.76. The van der Waals surface area contributed by atoms with Crippen LogP contribution in [0.3, 0.4) is 0 Å². The van der Waals surface area contributed by atoms with Gasteiger partial charge in [-0.25, -0.2) is 4.98 Å². The van der Waals surface area contributed by atoms with Gasteiger partial charge in [-0.05, 0) is 19.1 Å². The first-order valence-electron chi connectivity index (χ1n) is 8.16. The zero-order valence-corrected chi connectivity index (χ0v) is 14.6. The normalized spacial score (nSPS) is 17.4. The first-order valence-corrected chi connectivity index (χ1v) is 9.04. The Kier molecular flexibility index (Phi) is 4.01. The lowest BCUT2D eigenvalue weighted by atomic mass is 10.1. The Hall–Kier alpha value is -2.67. The lowest BCUT2D eigenvalue weighted by Gasteiger charge is -2.16. The van der Waals surface area contributed by atoms with Crippen molar-refractivity contribution in [2.75, 3.05) is 11.4 Å². The van der Waals surface area contributed by atoms with Crippen LogP contribution in [0.1, 0.15) is 17.7 Å². The number of anilines is 1. The molecule has 0 aliphatic carbocycles. The number of fused-ring (bicyclic) bond motifs is 1. The number of imidazole rings is 1. The Balaban J connectivity index is 1.38. The third-order valence-electron chi connectivity index (χ3n) is 4.43. The fourth-order valence-electron chi connectivity index (χ4n) is 3.04. The third-order valence-corrected chi connectivity index (χ3v) is 5.20. The molecule has 128 valence electrons. The number of hydrogen-bond donors (Lipinski definition) is 1. The number of benzene rings is 1. The van der Waals surface area contributed by atoms with E-state index >= 15 is 0 Å². The molecule has 1 atom stereocenters. The SMILES string of the molecule is Cc1ccc(N2CC(C(=O)NCc3cn4ccsc4n3)CC2=O)cc1. The molecule has 0 spiro atoms. The highest BCUT2D eigenvalue weighted by molar-refractivity contribution is 7.15. The highest BCUT2D eigenvalue weighted by Crippen LogP contribution is 2.25. The smallest absolute Gasteiger partial charge is 0.227 e. The number of aryl methyl sites for hydroxylation is 1. The molecule has 4 rings (SSSR count). The Bertz CT molecular complexity index is 900. The summed E-state index contributed by atoms with van der Waals surface area (Å²) in [6, 6.07) is 7.79. The van der Waals surface area contributed by atoms with Crippen LogP contribution in [0.5, 0.6) is 0 Å². The van der Waals surface area contributed by atoms with E-state index in [1.165, 1.54) is 0 Å². The van der Waals surface area contributed by atoms with Crippen molar-refractivity contribution in [2.24, 2.45) is 5.92 Å². The van der Waals surface area contributed by atoms with Crippen LogP contribution in [-0.2, 0) is 16.1 Å². The van der Waals surface area contributed by atoms with E-state index in [1.807, 2.05) is 53.4 Å². The number of hydrogen-bond acceptors (Lipinski definition) is 4. The minimum Gasteiger partial charge on any atom is -0.350 e. The summed E-state index contributed by atoms with van der Waals surface area (Å²) in [7, 11) is 0. The van der Waals surface area contributed by atoms with Crippen molar-refractivity contribution in [1.82, 2.24) is 14.7 Å². The first kappa shape index (κ1) is 15.8. The topological polar surface area (TPSA) is 66.7 Å². The van der Waals surface area contributed by atoms with Crippen molar-refractivity contribution in [3.05, 3.63) is 53.3 Å². The number of carbonyl (C=O) groups is 2.